The van der Waals surface area contributed by atoms with Crippen LogP contribution in [0, 0.1) is 6.92 Å². The molecule has 0 bridgehead atoms. The van der Waals surface area contributed by atoms with Gasteiger partial charge in [-0.1, -0.05) is 18.2 Å². The molecule has 0 aliphatic rings. The highest BCUT2D eigenvalue weighted by molar-refractivity contribution is 5.95. The fourth-order valence-electron chi connectivity index (χ4n) is 2.32. The first kappa shape index (κ1) is 14.6. The Morgan fingerprint density at radius 1 is 1.30 bits per heavy atom. The van der Waals surface area contributed by atoms with Crippen LogP contribution in [0.2, 0.25) is 0 Å². The SMILES string of the molecule is COCCOCCn1c(C(=O)O)cc2cccc(C)c21. The van der Waals surface area contributed by atoms with Crippen LogP contribution in [0.4, 0.5) is 0 Å². The smallest absolute Gasteiger partial charge is 0.352 e. The van der Waals surface area contributed by atoms with Gasteiger partial charge < -0.3 is 19.1 Å². The van der Waals surface area contributed by atoms with Crippen LogP contribution in [0.25, 0.3) is 10.9 Å². The van der Waals surface area contributed by atoms with E-state index < -0.39 is 5.97 Å². The van der Waals surface area contributed by atoms with E-state index in [4.69, 9.17) is 9.47 Å². The minimum absolute atomic E-state index is 0.296. The van der Waals surface area contributed by atoms with Crippen molar-refractivity contribution in [2.45, 2.75) is 13.5 Å². The molecule has 0 unspecified atom stereocenters. The van der Waals surface area contributed by atoms with Gasteiger partial charge in [-0.3, -0.25) is 0 Å². The van der Waals surface area contributed by atoms with Gasteiger partial charge in [0.1, 0.15) is 5.69 Å². The molecule has 1 aromatic heterocycles. The molecule has 0 aliphatic carbocycles. The second kappa shape index (κ2) is 6.54. The minimum Gasteiger partial charge on any atom is -0.477 e. The number of benzene rings is 1. The normalized spacial score (nSPS) is 11.1. The number of aromatic nitrogens is 1. The van der Waals surface area contributed by atoms with E-state index in [2.05, 4.69) is 0 Å². The summed E-state index contributed by atoms with van der Waals surface area (Å²) in [6.45, 7) is 4.01. The summed E-state index contributed by atoms with van der Waals surface area (Å²) in [5.41, 5.74) is 2.32. The third-order valence-electron chi connectivity index (χ3n) is 3.23. The van der Waals surface area contributed by atoms with Crippen molar-refractivity contribution in [2.75, 3.05) is 26.9 Å². The summed E-state index contributed by atoms with van der Waals surface area (Å²) in [5.74, 6) is -0.919. The number of carboxylic acid groups (broad SMARTS) is 1. The van der Waals surface area contributed by atoms with E-state index in [9.17, 15) is 9.90 Å². The number of fused-ring (bicyclic) bond motifs is 1. The van der Waals surface area contributed by atoms with Gasteiger partial charge in [-0.2, -0.15) is 0 Å². The molecule has 2 rings (SSSR count). The lowest BCUT2D eigenvalue weighted by molar-refractivity contribution is 0.0632. The van der Waals surface area contributed by atoms with Crippen LogP contribution in [-0.2, 0) is 16.0 Å². The molecule has 1 N–H and O–H groups in total. The molecule has 1 aromatic carbocycles. The molecular weight excluding hydrogens is 258 g/mol. The van der Waals surface area contributed by atoms with E-state index in [1.807, 2.05) is 25.1 Å². The van der Waals surface area contributed by atoms with Gasteiger partial charge in [-0.05, 0) is 18.6 Å². The number of aromatic carboxylic acids is 1. The molecule has 5 heteroatoms. The number of ether oxygens (including phenoxy) is 2. The van der Waals surface area contributed by atoms with Crippen LogP contribution >= 0.6 is 0 Å². The summed E-state index contributed by atoms with van der Waals surface area (Å²) in [4.78, 5) is 11.4. The predicted octanol–water partition coefficient (Wildman–Crippen LogP) is 2.31. The highest BCUT2D eigenvalue weighted by atomic mass is 16.5. The largest absolute Gasteiger partial charge is 0.477 e. The Morgan fingerprint density at radius 2 is 2.10 bits per heavy atom. The maximum absolute atomic E-state index is 11.4. The number of hydrogen-bond acceptors (Lipinski definition) is 3. The maximum atomic E-state index is 11.4. The van der Waals surface area contributed by atoms with Gasteiger partial charge in [-0.25, -0.2) is 4.79 Å². The van der Waals surface area contributed by atoms with E-state index in [0.29, 0.717) is 32.1 Å². The van der Waals surface area contributed by atoms with Gasteiger partial charge in [-0.15, -0.1) is 0 Å². The van der Waals surface area contributed by atoms with Crippen molar-refractivity contribution in [1.82, 2.24) is 4.57 Å². The number of aryl methyl sites for hydroxylation is 1. The zero-order valence-electron chi connectivity index (χ0n) is 11.8. The van der Waals surface area contributed by atoms with E-state index in [1.165, 1.54) is 0 Å². The third-order valence-corrected chi connectivity index (χ3v) is 3.23. The molecule has 0 fully saturated rings. The molecule has 0 radical (unpaired) electrons. The van der Waals surface area contributed by atoms with Crippen molar-refractivity contribution in [3.05, 3.63) is 35.5 Å². The lowest BCUT2D eigenvalue weighted by Gasteiger charge is -2.10. The second-order valence-electron chi connectivity index (χ2n) is 4.60. The lowest BCUT2D eigenvalue weighted by atomic mass is 10.2. The minimum atomic E-state index is -0.919. The van der Waals surface area contributed by atoms with Crippen LogP contribution in [0.15, 0.2) is 24.3 Å². The van der Waals surface area contributed by atoms with Gasteiger partial charge in [0.05, 0.1) is 25.3 Å². The van der Waals surface area contributed by atoms with Crippen LogP contribution < -0.4 is 0 Å². The zero-order chi connectivity index (χ0) is 14.5. The summed E-state index contributed by atoms with van der Waals surface area (Å²) in [7, 11) is 1.62. The summed E-state index contributed by atoms with van der Waals surface area (Å²) in [6.07, 6.45) is 0. The number of nitrogens with zero attached hydrogens (tertiary/aromatic N) is 1. The Balaban J connectivity index is 2.24. The van der Waals surface area contributed by atoms with Crippen molar-refractivity contribution in [1.29, 1.82) is 0 Å². The van der Waals surface area contributed by atoms with Crippen molar-refractivity contribution in [3.8, 4) is 0 Å². The number of hydrogen-bond donors (Lipinski definition) is 1. The molecule has 0 spiro atoms. The van der Waals surface area contributed by atoms with E-state index >= 15 is 0 Å². The van der Waals surface area contributed by atoms with Crippen molar-refractivity contribution >= 4 is 16.9 Å². The quantitative estimate of drug-likeness (QED) is 0.789. The number of carboxylic acids is 1. The molecule has 0 amide bonds. The molecular formula is C15H19NO4. The van der Waals surface area contributed by atoms with E-state index in [0.717, 1.165) is 16.5 Å². The number of carbonyl (C=O) groups is 1. The van der Waals surface area contributed by atoms with Crippen molar-refractivity contribution in [2.24, 2.45) is 0 Å². The average Bonchev–Trinajstić information content (AvgIpc) is 2.79. The number of para-hydroxylation sites is 1. The Kier molecular flexibility index (Phi) is 4.76. The van der Waals surface area contributed by atoms with Gasteiger partial charge in [0.25, 0.3) is 0 Å². The molecule has 5 nitrogen and oxygen atoms in total. The van der Waals surface area contributed by atoms with E-state index in [-0.39, 0.29) is 0 Å². The Hall–Kier alpha value is -1.85. The van der Waals surface area contributed by atoms with Gasteiger partial charge >= 0.3 is 5.97 Å². The number of rotatable bonds is 7. The summed E-state index contributed by atoms with van der Waals surface area (Å²) in [6, 6.07) is 7.55. The Labute approximate surface area is 117 Å². The summed E-state index contributed by atoms with van der Waals surface area (Å²) >= 11 is 0. The molecule has 0 saturated heterocycles. The van der Waals surface area contributed by atoms with Crippen LogP contribution in [-0.4, -0.2) is 42.6 Å². The maximum Gasteiger partial charge on any atom is 0.352 e. The first-order chi connectivity index (χ1) is 9.65. The monoisotopic (exact) mass is 277 g/mol. The van der Waals surface area contributed by atoms with Crippen LogP contribution in [0.3, 0.4) is 0 Å². The highest BCUT2D eigenvalue weighted by Crippen LogP contribution is 2.23. The van der Waals surface area contributed by atoms with Crippen LogP contribution in [0.1, 0.15) is 16.1 Å². The van der Waals surface area contributed by atoms with E-state index in [1.54, 1.807) is 17.7 Å². The summed E-state index contributed by atoms with van der Waals surface area (Å²) < 4.78 is 12.1. The molecule has 0 aliphatic heterocycles. The topological polar surface area (TPSA) is 60.7 Å². The Bertz CT molecular complexity index is 603. The standard InChI is InChI=1S/C15H19NO4/c1-11-4-3-5-12-10-13(15(17)18)16(14(11)12)6-7-20-9-8-19-2/h3-5,10H,6-9H2,1-2H3,(H,17,18). The molecule has 20 heavy (non-hydrogen) atoms. The zero-order valence-corrected chi connectivity index (χ0v) is 11.8. The molecule has 0 atom stereocenters. The van der Waals surface area contributed by atoms with Crippen molar-refractivity contribution in [3.63, 3.8) is 0 Å². The average molecular weight is 277 g/mol. The first-order valence-electron chi connectivity index (χ1n) is 6.54. The number of methoxy groups -OCH3 is 1. The van der Waals surface area contributed by atoms with Gasteiger partial charge in [0, 0.05) is 19.0 Å². The fraction of sp³-hybridized carbons (Fsp3) is 0.400. The van der Waals surface area contributed by atoms with Crippen molar-refractivity contribution < 1.29 is 19.4 Å². The van der Waals surface area contributed by atoms with Gasteiger partial charge in [0.15, 0.2) is 0 Å². The molecule has 0 saturated carbocycles. The van der Waals surface area contributed by atoms with Gasteiger partial charge in [0.2, 0.25) is 0 Å². The van der Waals surface area contributed by atoms with Crippen LogP contribution in [0.5, 0.6) is 0 Å². The second-order valence-corrected chi connectivity index (χ2v) is 4.60. The predicted molar refractivity (Wildman–Crippen MR) is 76.3 cm³/mol. The first-order valence-corrected chi connectivity index (χ1v) is 6.54. The summed E-state index contributed by atoms with van der Waals surface area (Å²) in [5, 5.41) is 10.3. The third kappa shape index (κ3) is 3.00. The molecule has 1 heterocycles. The lowest BCUT2D eigenvalue weighted by Crippen LogP contribution is -2.14. The molecule has 108 valence electrons. The Morgan fingerprint density at radius 3 is 2.80 bits per heavy atom. The highest BCUT2D eigenvalue weighted by Gasteiger charge is 2.15. The fourth-order valence-corrected chi connectivity index (χ4v) is 2.32. The molecule has 2 aromatic rings.